The van der Waals surface area contributed by atoms with Gasteiger partial charge in [-0.15, -0.1) is 0 Å². The minimum absolute atomic E-state index is 0.191. The second-order valence-corrected chi connectivity index (χ2v) is 6.01. The number of hydrogen-bond acceptors (Lipinski definition) is 4. The lowest BCUT2D eigenvalue weighted by atomic mass is 10.2. The van der Waals surface area contributed by atoms with Crippen molar-refractivity contribution in [3.8, 4) is 5.75 Å². The molecule has 142 valence electrons. The molecule has 0 aromatic heterocycles. The summed E-state index contributed by atoms with van der Waals surface area (Å²) in [5, 5.41) is 6.15. The molecule has 0 aliphatic carbocycles. The van der Waals surface area contributed by atoms with Crippen LogP contribution in [0, 0.1) is 0 Å². The molecule has 5 heteroatoms. The third-order valence-electron chi connectivity index (χ3n) is 3.87. The maximum Gasteiger partial charge on any atom is 0.248 e. The Morgan fingerprint density at radius 3 is 2.18 bits per heavy atom. The molecular formula is C23H22N2O3. The zero-order chi connectivity index (χ0) is 19.6. The number of hydrogen-bond donors (Lipinski definition) is 2. The van der Waals surface area contributed by atoms with E-state index in [1.54, 1.807) is 13.2 Å². The number of nitrogens with one attached hydrogen (secondary N) is 2. The molecule has 5 nitrogen and oxygen atoms in total. The lowest BCUT2D eigenvalue weighted by Gasteiger charge is -2.08. The Morgan fingerprint density at radius 2 is 1.50 bits per heavy atom. The summed E-state index contributed by atoms with van der Waals surface area (Å²) in [6, 6.07) is 24.9. The third-order valence-corrected chi connectivity index (χ3v) is 3.87. The van der Waals surface area contributed by atoms with Crippen LogP contribution in [0.15, 0.2) is 84.9 Å². The molecule has 1 amide bonds. The number of para-hydroxylation sites is 1. The number of rotatable bonds is 8. The molecule has 0 atom stereocenters. The molecule has 3 rings (SSSR count). The smallest absolute Gasteiger partial charge is 0.248 e. The molecule has 0 saturated heterocycles. The van der Waals surface area contributed by atoms with Crippen LogP contribution in [0.2, 0.25) is 0 Å². The van der Waals surface area contributed by atoms with Crippen LogP contribution in [0.5, 0.6) is 5.75 Å². The molecule has 0 unspecified atom stereocenters. The minimum atomic E-state index is -0.191. The number of amides is 1. The zero-order valence-electron chi connectivity index (χ0n) is 15.6. The Kier molecular flexibility index (Phi) is 6.82. The van der Waals surface area contributed by atoms with Crippen molar-refractivity contribution in [2.45, 2.75) is 0 Å². The highest BCUT2D eigenvalue weighted by Gasteiger charge is 2.00. The fraction of sp³-hybridized carbons (Fsp3) is 0.0870. The van der Waals surface area contributed by atoms with Gasteiger partial charge in [0.15, 0.2) is 6.79 Å². The Morgan fingerprint density at radius 1 is 0.857 bits per heavy atom. The van der Waals surface area contributed by atoms with Crippen molar-refractivity contribution in [1.29, 1.82) is 0 Å². The number of benzene rings is 3. The van der Waals surface area contributed by atoms with Crippen LogP contribution < -0.4 is 15.4 Å². The van der Waals surface area contributed by atoms with Crippen molar-refractivity contribution in [3.63, 3.8) is 0 Å². The number of methoxy groups -OCH3 is 1. The molecule has 0 bridgehead atoms. The van der Waals surface area contributed by atoms with Gasteiger partial charge in [-0.1, -0.05) is 30.3 Å². The Balaban J connectivity index is 1.52. The Bertz CT molecular complexity index is 905. The SMILES string of the molecule is COCOc1ccc(/C=C/C(=O)Nc2ccc(Nc3ccccc3)cc2)cc1. The maximum absolute atomic E-state index is 12.1. The first kappa shape index (κ1) is 19.2. The monoisotopic (exact) mass is 374 g/mol. The quantitative estimate of drug-likeness (QED) is 0.427. The zero-order valence-corrected chi connectivity index (χ0v) is 15.6. The number of carbonyl (C=O) groups excluding carboxylic acids is 1. The van der Waals surface area contributed by atoms with Gasteiger partial charge in [0.05, 0.1) is 0 Å². The summed E-state index contributed by atoms with van der Waals surface area (Å²) in [5.74, 6) is 0.524. The van der Waals surface area contributed by atoms with Gasteiger partial charge in [0.1, 0.15) is 5.75 Å². The van der Waals surface area contributed by atoms with Crippen LogP contribution in [0.3, 0.4) is 0 Å². The molecule has 0 aliphatic rings. The Hall–Kier alpha value is -3.57. The third kappa shape index (κ3) is 6.00. The first-order chi connectivity index (χ1) is 13.7. The van der Waals surface area contributed by atoms with Gasteiger partial charge in [-0.2, -0.15) is 0 Å². The molecule has 0 heterocycles. The highest BCUT2D eigenvalue weighted by molar-refractivity contribution is 6.02. The molecule has 0 fully saturated rings. The fourth-order valence-corrected chi connectivity index (χ4v) is 2.48. The van der Waals surface area contributed by atoms with E-state index in [0.717, 1.165) is 22.6 Å². The number of ether oxygens (including phenoxy) is 2. The van der Waals surface area contributed by atoms with Crippen molar-refractivity contribution >= 4 is 29.0 Å². The van der Waals surface area contributed by atoms with E-state index < -0.39 is 0 Å². The predicted octanol–water partition coefficient (Wildman–Crippen LogP) is 5.06. The summed E-state index contributed by atoms with van der Waals surface area (Å²) in [5.41, 5.74) is 3.61. The summed E-state index contributed by atoms with van der Waals surface area (Å²) in [6.45, 7) is 0.206. The van der Waals surface area contributed by atoms with E-state index in [9.17, 15) is 4.79 Å². The van der Waals surface area contributed by atoms with Crippen molar-refractivity contribution in [1.82, 2.24) is 0 Å². The molecule has 3 aromatic carbocycles. The van der Waals surface area contributed by atoms with E-state index >= 15 is 0 Å². The molecular weight excluding hydrogens is 352 g/mol. The average molecular weight is 374 g/mol. The number of carbonyl (C=O) groups is 1. The summed E-state index contributed by atoms with van der Waals surface area (Å²) in [4.78, 5) is 12.1. The van der Waals surface area contributed by atoms with E-state index in [0.29, 0.717) is 5.75 Å². The van der Waals surface area contributed by atoms with E-state index in [2.05, 4.69) is 10.6 Å². The molecule has 2 N–H and O–H groups in total. The van der Waals surface area contributed by atoms with Crippen LogP contribution in [0.1, 0.15) is 5.56 Å². The summed E-state index contributed by atoms with van der Waals surface area (Å²) in [7, 11) is 1.57. The lowest BCUT2D eigenvalue weighted by molar-refractivity contribution is -0.111. The van der Waals surface area contributed by atoms with Crippen molar-refractivity contribution in [3.05, 3.63) is 90.5 Å². The summed E-state index contributed by atoms with van der Waals surface area (Å²) >= 11 is 0. The van der Waals surface area contributed by atoms with Crippen molar-refractivity contribution in [2.75, 3.05) is 24.5 Å². The number of anilines is 3. The van der Waals surface area contributed by atoms with Crippen LogP contribution in [0.4, 0.5) is 17.1 Å². The fourth-order valence-electron chi connectivity index (χ4n) is 2.48. The van der Waals surface area contributed by atoms with Gasteiger partial charge in [0.2, 0.25) is 5.91 Å². The van der Waals surface area contributed by atoms with Gasteiger partial charge in [-0.3, -0.25) is 4.79 Å². The standard InChI is InChI=1S/C23H22N2O3/c1-27-17-28-22-14-7-18(8-15-22)9-16-23(26)25-21-12-10-20(11-13-21)24-19-5-3-2-4-6-19/h2-16,24H,17H2,1H3,(H,25,26)/b16-9+. The van der Waals surface area contributed by atoms with Gasteiger partial charge >= 0.3 is 0 Å². The van der Waals surface area contributed by atoms with Gasteiger partial charge < -0.3 is 20.1 Å². The largest absolute Gasteiger partial charge is 0.468 e. The van der Waals surface area contributed by atoms with Crippen molar-refractivity contribution < 1.29 is 14.3 Å². The van der Waals surface area contributed by atoms with Crippen LogP contribution in [-0.4, -0.2) is 19.8 Å². The normalized spacial score (nSPS) is 10.6. The van der Waals surface area contributed by atoms with Crippen molar-refractivity contribution in [2.24, 2.45) is 0 Å². The van der Waals surface area contributed by atoms with E-state index in [-0.39, 0.29) is 12.7 Å². The van der Waals surface area contributed by atoms with E-state index in [4.69, 9.17) is 9.47 Å². The molecule has 0 saturated carbocycles. The van der Waals surface area contributed by atoms with Gasteiger partial charge in [0, 0.05) is 30.2 Å². The van der Waals surface area contributed by atoms with E-state index in [1.165, 1.54) is 6.08 Å². The van der Waals surface area contributed by atoms with Gasteiger partial charge in [0.25, 0.3) is 0 Å². The maximum atomic E-state index is 12.1. The summed E-state index contributed by atoms with van der Waals surface area (Å²) < 4.78 is 10.2. The van der Waals surface area contributed by atoms with Gasteiger partial charge in [-0.25, -0.2) is 0 Å². The molecule has 3 aromatic rings. The first-order valence-corrected chi connectivity index (χ1v) is 8.86. The van der Waals surface area contributed by atoms with Crippen LogP contribution >= 0.6 is 0 Å². The summed E-state index contributed by atoms with van der Waals surface area (Å²) in [6.07, 6.45) is 3.25. The van der Waals surface area contributed by atoms with E-state index in [1.807, 2.05) is 78.9 Å². The molecule has 28 heavy (non-hydrogen) atoms. The van der Waals surface area contributed by atoms with Crippen LogP contribution in [0.25, 0.3) is 6.08 Å². The molecule has 0 radical (unpaired) electrons. The topological polar surface area (TPSA) is 59.6 Å². The lowest BCUT2D eigenvalue weighted by Crippen LogP contribution is -2.07. The molecule has 0 aliphatic heterocycles. The predicted molar refractivity (Wildman–Crippen MR) is 113 cm³/mol. The molecule has 0 spiro atoms. The highest BCUT2D eigenvalue weighted by atomic mass is 16.7. The minimum Gasteiger partial charge on any atom is -0.468 e. The highest BCUT2D eigenvalue weighted by Crippen LogP contribution is 2.19. The van der Waals surface area contributed by atoms with Crippen LogP contribution in [-0.2, 0) is 9.53 Å². The first-order valence-electron chi connectivity index (χ1n) is 8.86. The second-order valence-electron chi connectivity index (χ2n) is 6.01. The average Bonchev–Trinajstić information content (AvgIpc) is 2.74. The Labute approximate surface area is 164 Å². The second kappa shape index (κ2) is 9.94. The van der Waals surface area contributed by atoms with Gasteiger partial charge in [-0.05, 0) is 60.2 Å².